The van der Waals surface area contributed by atoms with Gasteiger partial charge in [-0.1, -0.05) is 36.4 Å². The van der Waals surface area contributed by atoms with Gasteiger partial charge in [-0.2, -0.15) is 0 Å². The van der Waals surface area contributed by atoms with Gasteiger partial charge in [0.25, 0.3) is 0 Å². The van der Waals surface area contributed by atoms with Gasteiger partial charge in [-0.05, 0) is 60.7 Å². The molecule has 0 aromatic heterocycles. The van der Waals surface area contributed by atoms with Gasteiger partial charge in [0.2, 0.25) is 5.91 Å². The summed E-state index contributed by atoms with van der Waals surface area (Å²) in [5, 5.41) is 5.86. The molecule has 0 unspecified atom stereocenters. The van der Waals surface area contributed by atoms with Crippen LogP contribution in [-0.2, 0) is 17.6 Å². The van der Waals surface area contributed by atoms with Crippen LogP contribution in [0.3, 0.4) is 0 Å². The molecule has 1 heterocycles. The molecule has 0 fully saturated rings. The third-order valence-electron chi connectivity index (χ3n) is 5.53. The quantitative estimate of drug-likeness (QED) is 0.582. The third kappa shape index (κ3) is 5.27. The Morgan fingerprint density at radius 2 is 1.72 bits per heavy atom. The van der Waals surface area contributed by atoms with E-state index in [1.54, 1.807) is 13.2 Å². The van der Waals surface area contributed by atoms with E-state index < -0.39 is 0 Å². The fraction of sp³-hybridized carbons (Fsp3) is 0.231. The molecule has 0 bridgehead atoms. The Morgan fingerprint density at radius 1 is 0.906 bits per heavy atom. The molecule has 0 atom stereocenters. The van der Waals surface area contributed by atoms with Crippen LogP contribution in [0.2, 0.25) is 0 Å². The number of nitrogens with one attached hydrogen (secondary N) is 2. The van der Waals surface area contributed by atoms with Crippen LogP contribution in [0.5, 0.6) is 5.75 Å². The Kier molecular flexibility index (Phi) is 6.70. The first-order valence-electron chi connectivity index (χ1n) is 10.8. The number of methoxy groups -OCH3 is 1. The maximum absolute atomic E-state index is 12.9. The fourth-order valence-corrected chi connectivity index (χ4v) is 3.89. The normalized spacial score (nSPS) is 13.0. The second-order valence-corrected chi connectivity index (χ2v) is 7.82. The van der Waals surface area contributed by atoms with Crippen LogP contribution in [0, 0.1) is 0 Å². The van der Waals surface area contributed by atoms with Crippen molar-refractivity contribution in [2.45, 2.75) is 25.7 Å². The molecule has 1 aliphatic rings. The zero-order valence-corrected chi connectivity index (χ0v) is 18.1. The van der Waals surface area contributed by atoms with Gasteiger partial charge < -0.3 is 15.4 Å². The number of hydrogen-bond donors (Lipinski definition) is 2. The van der Waals surface area contributed by atoms with Crippen molar-refractivity contribution in [1.82, 2.24) is 0 Å². The standard InChI is InChI=1S/C26H27N3O3/c1-32-23-10-6-9-22(18-23)27-25(30)17-19-12-14-21(15-13-19)28-26(31)29-16-5-4-8-20-7-2-3-11-24(20)29/h2-3,6-7,9-15,18H,4-5,8,16-17H2,1H3,(H,27,30)(H,28,31). The lowest BCUT2D eigenvalue weighted by Gasteiger charge is -2.23. The number of urea groups is 1. The Bertz CT molecular complexity index is 1100. The molecule has 3 amide bonds. The summed E-state index contributed by atoms with van der Waals surface area (Å²) in [6.45, 7) is 0.700. The SMILES string of the molecule is COc1cccc(NC(=O)Cc2ccc(NC(=O)N3CCCCc4ccccc43)cc2)c1. The zero-order chi connectivity index (χ0) is 22.3. The Morgan fingerprint density at radius 3 is 2.53 bits per heavy atom. The molecule has 164 valence electrons. The number of rotatable bonds is 5. The number of amides is 3. The van der Waals surface area contributed by atoms with E-state index in [1.165, 1.54) is 5.56 Å². The van der Waals surface area contributed by atoms with Crippen molar-refractivity contribution in [3.63, 3.8) is 0 Å². The van der Waals surface area contributed by atoms with Crippen molar-refractivity contribution >= 4 is 29.0 Å². The van der Waals surface area contributed by atoms with E-state index in [1.807, 2.05) is 65.6 Å². The highest BCUT2D eigenvalue weighted by atomic mass is 16.5. The summed E-state index contributed by atoms with van der Waals surface area (Å²) >= 11 is 0. The van der Waals surface area contributed by atoms with E-state index in [4.69, 9.17) is 4.74 Å². The van der Waals surface area contributed by atoms with Crippen LogP contribution in [0.15, 0.2) is 72.8 Å². The molecule has 4 rings (SSSR count). The second-order valence-electron chi connectivity index (χ2n) is 7.82. The number of fused-ring (bicyclic) bond motifs is 1. The van der Waals surface area contributed by atoms with Gasteiger partial charge in [0, 0.05) is 29.7 Å². The van der Waals surface area contributed by atoms with Crippen molar-refractivity contribution in [3.8, 4) is 5.75 Å². The van der Waals surface area contributed by atoms with Crippen LogP contribution in [0.1, 0.15) is 24.0 Å². The summed E-state index contributed by atoms with van der Waals surface area (Å²) in [6, 6.07) is 22.6. The molecule has 3 aromatic rings. The first-order valence-corrected chi connectivity index (χ1v) is 10.8. The van der Waals surface area contributed by atoms with Crippen LogP contribution in [0.4, 0.5) is 21.9 Å². The van der Waals surface area contributed by atoms with Gasteiger partial charge in [-0.3, -0.25) is 9.69 Å². The highest BCUT2D eigenvalue weighted by Crippen LogP contribution is 2.27. The molecule has 0 spiro atoms. The first-order chi connectivity index (χ1) is 15.6. The number of nitrogens with zero attached hydrogens (tertiary/aromatic N) is 1. The van der Waals surface area contributed by atoms with Crippen molar-refractivity contribution in [2.24, 2.45) is 0 Å². The van der Waals surface area contributed by atoms with E-state index in [0.717, 1.165) is 30.5 Å². The van der Waals surface area contributed by atoms with E-state index in [-0.39, 0.29) is 18.4 Å². The summed E-state index contributed by atoms with van der Waals surface area (Å²) in [6.07, 6.45) is 3.29. The summed E-state index contributed by atoms with van der Waals surface area (Å²) in [7, 11) is 1.59. The maximum atomic E-state index is 12.9. The average molecular weight is 430 g/mol. The maximum Gasteiger partial charge on any atom is 0.326 e. The van der Waals surface area contributed by atoms with Gasteiger partial charge in [0.05, 0.1) is 13.5 Å². The predicted molar refractivity (Wildman–Crippen MR) is 128 cm³/mol. The van der Waals surface area contributed by atoms with Crippen LogP contribution in [-0.4, -0.2) is 25.6 Å². The van der Waals surface area contributed by atoms with E-state index in [2.05, 4.69) is 16.7 Å². The van der Waals surface area contributed by atoms with Crippen molar-refractivity contribution in [3.05, 3.63) is 83.9 Å². The van der Waals surface area contributed by atoms with Gasteiger partial charge in [-0.25, -0.2) is 4.79 Å². The minimum absolute atomic E-state index is 0.115. The highest BCUT2D eigenvalue weighted by Gasteiger charge is 2.20. The molecule has 6 heteroatoms. The molecular weight excluding hydrogens is 402 g/mol. The lowest BCUT2D eigenvalue weighted by atomic mass is 10.1. The lowest BCUT2D eigenvalue weighted by molar-refractivity contribution is -0.115. The van der Waals surface area contributed by atoms with Crippen LogP contribution in [0.25, 0.3) is 0 Å². The molecule has 0 aliphatic carbocycles. The smallest absolute Gasteiger partial charge is 0.326 e. The number of carbonyl (C=O) groups is 2. The number of ether oxygens (including phenoxy) is 1. The predicted octanol–water partition coefficient (Wildman–Crippen LogP) is 5.25. The molecule has 0 saturated heterocycles. The van der Waals surface area contributed by atoms with Gasteiger partial charge in [-0.15, -0.1) is 0 Å². The number of anilines is 3. The molecular formula is C26H27N3O3. The van der Waals surface area contributed by atoms with Crippen molar-refractivity contribution < 1.29 is 14.3 Å². The summed E-state index contributed by atoms with van der Waals surface area (Å²) in [5.74, 6) is 0.575. The number of benzene rings is 3. The Balaban J connectivity index is 1.36. The highest BCUT2D eigenvalue weighted by molar-refractivity contribution is 6.02. The van der Waals surface area contributed by atoms with E-state index >= 15 is 0 Å². The molecule has 3 aromatic carbocycles. The van der Waals surface area contributed by atoms with Crippen LogP contribution < -0.4 is 20.3 Å². The molecule has 6 nitrogen and oxygen atoms in total. The lowest BCUT2D eigenvalue weighted by Crippen LogP contribution is -2.35. The molecule has 2 N–H and O–H groups in total. The number of para-hydroxylation sites is 1. The van der Waals surface area contributed by atoms with Gasteiger partial charge in [0.15, 0.2) is 0 Å². The first kappa shape index (κ1) is 21.4. The number of carbonyl (C=O) groups excluding carboxylic acids is 2. The largest absolute Gasteiger partial charge is 0.497 e. The molecule has 0 radical (unpaired) electrons. The molecule has 0 saturated carbocycles. The summed E-state index contributed by atoms with van der Waals surface area (Å²) in [4.78, 5) is 27.1. The minimum atomic E-state index is -0.136. The second kappa shape index (κ2) is 10.0. The van der Waals surface area contributed by atoms with Gasteiger partial charge in [0.1, 0.15) is 5.75 Å². The monoisotopic (exact) mass is 429 g/mol. The van der Waals surface area contributed by atoms with Crippen molar-refractivity contribution in [2.75, 3.05) is 29.2 Å². The summed E-state index contributed by atoms with van der Waals surface area (Å²) in [5.41, 5.74) is 4.44. The van der Waals surface area contributed by atoms with Crippen LogP contribution >= 0.6 is 0 Å². The number of hydrogen-bond acceptors (Lipinski definition) is 3. The zero-order valence-electron chi connectivity index (χ0n) is 18.1. The summed E-state index contributed by atoms with van der Waals surface area (Å²) < 4.78 is 5.18. The number of aryl methyl sites for hydroxylation is 1. The topological polar surface area (TPSA) is 70.7 Å². The van der Waals surface area contributed by atoms with Gasteiger partial charge >= 0.3 is 6.03 Å². The Labute approximate surface area is 188 Å². The van der Waals surface area contributed by atoms with Crippen molar-refractivity contribution in [1.29, 1.82) is 0 Å². The fourth-order valence-electron chi connectivity index (χ4n) is 3.89. The minimum Gasteiger partial charge on any atom is -0.497 e. The Hall–Kier alpha value is -3.80. The third-order valence-corrected chi connectivity index (χ3v) is 5.53. The average Bonchev–Trinajstić information content (AvgIpc) is 3.03. The molecule has 1 aliphatic heterocycles. The van der Waals surface area contributed by atoms with E-state index in [0.29, 0.717) is 23.7 Å². The van der Waals surface area contributed by atoms with E-state index in [9.17, 15) is 9.59 Å². The molecule has 32 heavy (non-hydrogen) atoms.